The molecule has 0 saturated heterocycles. The Bertz CT molecular complexity index is 847. The lowest BCUT2D eigenvalue weighted by molar-refractivity contribution is 0.102. The van der Waals surface area contributed by atoms with E-state index in [9.17, 15) is 9.18 Å². The number of aromatic nitrogens is 2. The van der Waals surface area contributed by atoms with Crippen molar-refractivity contribution in [3.05, 3.63) is 78.0 Å². The standard InChI is InChI=1S/C18H14FN3O/c1-12-20-11-10-17(21-12)13-6-8-14(9-7-13)22-18(23)15-4-2-3-5-16(15)19/h2-11H,1H3,(H,22,23). The predicted octanol–water partition coefficient (Wildman–Crippen LogP) is 3.84. The molecule has 0 unspecified atom stereocenters. The molecular weight excluding hydrogens is 293 g/mol. The number of aryl methyl sites for hydroxylation is 1. The van der Waals surface area contributed by atoms with Gasteiger partial charge in [0.1, 0.15) is 11.6 Å². The molecule has 1 N–H and O–H groups in total. The first kappa shape index (κ1) is 14.8. The smallest absolute Gasteiger partial charge is 0.258 e. The Morgan fingerprint density at radius 1 is 1.04 bits per heavy atom. The Kier molecular flexibility index (Phi) is 4.10. The summed E-state index contributed by atoms with van der Waals surface area (Å²) in [6.45, 7) is 1.83. The minimum Gasteiger partial charge on any atom is -0.322 e. The highest BCUT2D eigenvalue weighted by Gasteiger charge is 2.11. The van der Waals surface area contributed by atoms with E-state index in [0.29, 0.717) is 11.5 Å². The summed E-state index contributed by atoms with van der Waals surface area (Å²) in [5, 5.41) is 2.68. The molecule has 3 aromatic rings. The minimum absolute atomic E-state index is 0.0167. The maximum atomic E-state index is 13.6. The van der Waals surface area contributed by atoms with E-state index in [0.717, 1.165) is 11.3 Å². The van der Waals surface area contributed by atoms with Gasteiger partial charge in [0.2, 0.25) is 0 Å². The van der Waals surface area contributed by atoms with E-state index in [1.54, 1.807) is 30.5 Å². The fourth-order valence-electron chi connectivity index (χ4n) is 2.19. The molecule has 0 aliphatic carbocycles. The molecule has 1 amide bonds. The number of benzene rings is 2. The molecule has 0 radical (unpaired) electrons. The highest BCUT2D eigenvalue weighted by Crippen LogP contribution is 2.20. The Hall–Kier alpha value is -3.08. The summed E-state index contributed by atoms with van der Waals surface area (Å²) in [5.74, 6) is -0.328. The monoisotopic (exact) mass is 307 g/mol. The zero-order valence-corrected chi connectivity index (χ0v) is 12.5. The van der Waals surface area contributed by atoms with E-state index in [1.165, 1.54) is 12.1 Å². The SMILES string of the molecule is Cc1nccc(-c2ccc(NC(=O)c3ccccc3F)cc2)n1. The Morgan fingerprint density at radius 3 is 2.48 bits per heavy atom. The van der Waals surface area contributed by atoms with Gasteiger partial charge in [-0.25, -0.2) is 14.4 Å². The summed E-state index contributed by atoms with van der Waals surface area (Å²) in [4.78, 5) is 20.5. The summed E-state index contributed by atoms with van der Waals surface area (Å²) in [6.07, 6.45) is 1.70. The number of carbonyl (C=O) groups is 1. The molecule has 0 saturated carbocycles. The van der Waals surface area contributed by atoms with Crippen LogP contribution in [-0.4, -0.2) is 15.9 Å². The van der Waals surface area contributed by atoms with Crippen LogP contribution >= 0.6 is 0 Å². The molecule has 114 valence electrons. The first-order valence-corrected chi connectivity index (χ1v) is 7.09. The van der Waals surface area contributed by atoms with Crippen LogP contribution in [-0.2, 0) is 0 Å². The molecule has 3 rings (SSSR count). The van der Waals surface area contributed by atoms with Crippen molar-refractivity contribution in [1.82, 2.24) is 9.97 Å². The van der Waals surface area contributed by atoms with E-state index >= 15 is 0 Å². The Labute approximate surface area is 133 Å². The van der Waals surface area contributed by atoms with Crippen LogP contribution in [0.25, 0.3) is 11.3 Å². The highest BCUT2D eigenvalue weighted by molar-refractivity contribution is 6.04. The van der Waals surface area contributed by atoms with Crippen molar-refractivity contribution < 1.29 is 9.18 Å². The first-order valence-electron chi connectivity index (χ1n) is 7.09. The van der Waals surface area contributed by atoms with Gasteiger partial charge in [-0.1, -0.05) is 24.3 Å². The van der Waals surface area contributed by atoms with Crippen LogP contribution in [0, 0.1) is 12.7 Å². The zero-order valence-electron chi connectivity index (χ0n) is 12.5. The highest BCUT2D eigenvalue weighted by atomic mass is 19.1. The average molecular weight is 307 g/mol. The van der Waals surface area contributed by atoms with Crippen molar-refractivity contribution in [2.24, 2.45) is 0 Å². The van der Waals surface area contributed by atoms with Crippen molar-refractivity contribution in [2.45, 2.75) is 6.92 Å². The molecular formula is C18H14FN3O. The Balaban J connectivity index is 1.78. The lowest BCUT2D eigenvalue weighted by Gasteiger charge is -2.07. The van der Waals surface area contributed by atoms with Crippen molar-refractivity contribution in [3.8, 4) is 11.3 Å². The van der Waals surface area contributed by atoms with Crippen LogP contribution in [0.5, 0.6) is 0 Å². The van der Waals surface area contributed by atoms with Gasteiger partial charge in [-0.2, -0.15) is 0 Å². The number of amides is 1. The molecule has 23 heavy (non-hydrogen) atoms. The van der Waals surface area contributed by atoms with Crippen molar-refractivity contribution >= 4 is 11.6 Å². The first-order chi connectivity index (χ1) is 11.1. The van der Waals surface area contributed by atoms with E-state index in [4.69, 9.17) is 0 Å². The van der Waals surface area contributed by atoms with Crippen LogP contribution in [0.3, 0.4) is 0 Å². The molecule has 1 heterocycles. The average Bonchev–Trinajstić information content (AvgIpc) is 2.56. The molecule has 0 aliphatic rings. The maximum Gasteiger partial charge on any atom is 0.258 e. The van der Waals surface area contributed by atoms with E-state index in [1.807, 2.05) is 25.1 Å². The molecule has 2 aromatic carbocycles. The van der Waals surface area contributed by atoms with Crippen molar-refractivity contribution in [2.75, 3.05) is 5.32 Å². The number of halogens is 1. The summed E-state index contributed by atoms with van der Waals surface area (Å²) in [7, 11) is 0. The van der Waals surface area contributed by atoms with Gasteiger partial charge in [0.15, 0.2) is 0 Å². The number of hydrogen-bond acceptors (Lipinski definition) is 3. The van der Waals surface area contributed by atoms with Gasteiger partial charge in [-0.15, -0.1) is 0 Å². The molecule has 1 aromatic heterocycles. The fraction of sp³-hybridized carbons (Fsp3) is 0.0556. The van der Waals surface area contributed by atoms with Crippen LogP contribution in [0.2, 0.25) is 0 Å². The van der Waals surface area contributed by atoms with Gasteiger partial charge >= 0.3 is 0 Å². The van der Waals surface area contributed by atoms with Crippen LogP contribution in [0.4, 0.5) is 10.1 Å². The van der Waals surface area contributed by atoms with Gasteiger partial charge in [0, 0.05) is 17.4 Å². The summed E-state index contributed by atoms with van der Waals surface area (Å²) < 4.78 is 13.6. The zero-order chi connectivity index (χ0) is 16.2. The van der Waals surface area contributed by atoms with Gasteiger partial charge in [-0.05, 0) is 37.3 Å². The maximum absolute atomic E-state index is 13.6. The largest absolute Gasteiger partial charge is 0.322 e. The summed E-state index contributed by atoms with van der Waals surface area (Å²) in [5.41, 5.74) is 2.33. The van der Waals surface area contributed by atoms with Crippen LogP contribution in [0.1, 0.15) is 16.2 Å². The minimum atomic E-state index is -0.543. The topological polar surface area (TPSA) is 54.9 Å². The number of carbonyl (C=O) groups excluding carboxylic acids is 1. The third kappa shape index (κ3) is 3.40. The molecule has 0 spiro atoms. The molecule has 5 heteroatoms. The summed E-state index contributed by atoms with van der Waals surface area (Å²) in [6, 6.07) is 14.9. The Morgan fingerprint density at radius 2 is 1.78 bits per heavy atom. The van der Waals surface area contributed by atoms with E-state index < -0.39 is 11.7 Å². The lowest BCUT2D eigenvalue weighted by atomic mass is 10.1. The normalized spacial score (nSPS) is 10.3. The molecule has 0 aliphatic heterocycles. The van der Waals surface area contributed by atoms with Gasteiger partial charge < -0.3 is 5.32 Å². The van der Waals surface area contributed by atoms with Gasteiger partial charge in [-0.3, -0.25) is 4.79 Å². The fourth-order valence-corrected chi connectivity index (χ4v) is 2.19. The molecule has 0 bridgehead atoms. The lowest BCUT2D eigenvalue weighted by Crippen LogP contribution is -2.13. The number of rotatable bonds is 3. The van der Waals surface area contributed by atoms with E-state index in [2.05, 4.69) is 15.3 Å². The second-order valence-electron chi connectivity index (χ2n) is 5.00. The second-order valence-corrected chi connectivity index (χ2v) is 5.00. The number of nitrogens with zero attached hydrogens (tertiary/aromatic N) is 2. The predicted molar refractivity (Wildman–Crippen MR) is 86.6 cm³/mol. The summed E-state index contributed by atoms with van der Waals surface area (Å²) >= 11 is 0. The number of nitrogens with one attached hydrogen (secondary N) is 1. The molecule has 0 fully saturated rings. The van der Waals surface area contributed by atoms with Crippen molar-refractivity contribution in [3.63, 3.8) is 0 Å². The van der Waals surface area contributed by atoms with Crippen LogP contribution in [0.15, 0.2) is 60.8 Å². The third-order valence-electron chi connectivity index (χ3n) is 3.33. The third-order valence-corrected chi connectivity index (χ3v) is 3.33. The van der Waals surface area contributed by atoms with Gasteiger partial charge in [0.25, 0.3) is 5.91 Å². The quantitative estimate of drug-likeness (QED) is 0.799. The number of hydrogen-bond donors (Lipinski definition) is 1. The van der Waals surface area contributed by atoms with Gasteiger partial charge in [0.05, 0.1) is 11.3 Å². The molecule has 4 nitrogen and oxygen atoms in total. The second kappa shape index (κ2) is 6.36. The van der Waals surface area contributed by atoms with Crippen molar-refractivity contribution in [1.29, 1.82) is 0 Å². The molecule has 0 atom stereocenters. The number of anilines is 1. The van der Waals surface area contributed by atoms with E-state index in [-0.39, 0.29) is 5.56 Å². The van der Waals surface area contributed by atoms with Crippen LogP contribution < -0.4 is 5.32 Å².